The third kappa shape index (κ3) is 8.10. The highest BCUT2D eigenvalue weighted by molar-refractivity contribution is 5.93. The number of carbonyl (C=O) groups is 4. The van der Waals surface area contributed by atoms with Crippen LogP contribution in [0.4, 0.5) is 4.79 Å². The molecule has 1 unspecified atom stereocenters. The second kappa shape index (κ2) is 12.9. The van der Waals surface area contributed by atoms with Crippen molar-refractivity contribution in [2.45, 2.75) is 76.4 Å². The number of hydrogen-bond donors (Lipinski definition) is 5. The van der Waals surface area contributed by atoms with Gasteiger partial charge in [-0.2, -0.15) is 0 Å². The fourth-order valence-electron chi connectivity index (χ4n) is 4.13. The minimum atomic E-state index is -1.17. The second-order valence-electron chi connectivity index (χ2n) is 8.49. The van der Waals surface area contributed by atoms with Crippen LogP contribution in [0.3, 0.4) is 0 Å². The summed E-state index contributed by atoms with van der Waals surface area (Å²) < 4.78 is 4.94. The molecule has 0 radical (unpaired) electrons. The molecule has 0 bridgehead atoms. The molecule has 3 atom stereocenters. The lowest BCUT2D eigenvalue weighted by molar-refractivity contribution is -0.144. The number of ether oxygens (including phenoxy) is 1. The fourth-order valence-corrected chi connectivity index (χ4v) is 4.13. The van der Waals surface area contributed by atoms with Crippen LogP contribution in [0.15, 0.2) is 4.99 Å². The number of carbonyl (C=O) groups excluding carboxylic acids is 3. The Bertz CT molecular complexity index is 737. The lowest BCUT2D eigenvalue weighted by Crippen LogP contribution is -2.55. The zero-order valence-corrected chi connectivity index (χ0v) is 19.1. The fraction of sp³-hybridized carbons (Fsp3) is 0.762. The lowest BCUT2D eigenvalue weighted by Gasteiger charge is -2.33. The van der Waals surface area contributed by atoms with E-state index in [0.29, 0.717) is 38.1 Å². The average molecular weight is 469 g/mol. The Morgan fingerprint density at radius 1 is 1.12 bits per heavy atom. The minimum Gasteiger partial charge on any atom is -0.480 e. The molecule has 0 aromatic heterocycles. The summed E-state index contributed by atoms with van der Waals surface area (Å²) in [6, 6.07) is -2.68. The molecule has 186 valence electrons. The summed E-state index contributed by atoms with van der Waals surface area (Å²) in [6.07, 6.45) is 4.47. The number of alkyl carbamates (subject to hydrolysis) is 1. The number of aliphatic carboxylic acids is 1. The molecule has 12 heteroatoms. The number of carboxylic acids is 1. The van der Waals surface area contributed by atoms with Crippen molar-refractivity contribution < 1.29 is 29.0 Å². The molecule has 33 heavy (non-hydrogen) atoms. The molecule has 1 heterocycles. The number of nitrogens with zero attached hydrogens (tertiary/aromatic N) is 2. The molecular weight excluding hydrogens is 432 g/mol. The Hall–Kier alpha value is -3.05. The maximum atomic E-state index is 13.3. The van der Waals surface area contributed by atoms with Gasteiger partial charge < -0.3 is 36.8 Å². The Balaban J connectivity index is 2.01. The van der Waals surface area contributed by atoms with Crippen LogP contribution in [0.1, 0.15) is 58.3 Å². The first-order valence-electron chi connectivity index (χ1n) is 11.5. The van der Waals surface area contributed by atoms with Gasteiger partial charge in [-0.25, -0.2) is 9.59 Å². The van der Waals surface area contributed by atoms with Crippen molar-refractivity contribution in [3.8, 4) is 0 Å². The van der Waals surface area contributed by atoms with Crippen molar-refractivity contribution in [2.75, 3.05) is 19.7 Å². The smallest absolute Gasteiger partial charge is 0.407 e. The van der Waals surface area contributed by atoms with Crippen LogP contribution < -0.4 is 22.1 Å². The minimum absolute atomic E-state index is 0.0843. The number of aliphatic imine (C=N–C) groups is 1. The summed E-state index contributed by atoms with van der Waals surface area (Å²) in [5.74, 6) is -1.77. The predicted molar refractivity (Wildman–Crippen MR) is 120 cm³/mol. The van der Waals surface area contributed by atoms with E-state index in [1.54, 1.807) is 6.92 Å². The topological polar surface area (TPSA) is 189 Å². The summed E-state index contributed by atoms with van der Waals surface area (Å²) in [6.45, 7) is 2.48. The van der Waals surface area contributed by atoms with Gasteiger partial charge in [0, 0.05) is 13.1 Å². The maximum Gasteiger partial charge on any atom is 0.407 e. The number of amides is 3. The molecule has 1 saturated carbocycles. The van der Waals surface area contributed by atoms with E-state index in [1.807, 2.05) is 0 Å². The summed E-state index contributed by atoms with van der Waals surface area (Å²) in [4.78, 5) is 55.0. The number of likely N-dealkylation sites (tertiary alicyclic amines) is 1. The van der Waals surface area contributed by atoms with Gasteiger partial charge in [-0.05, 0) is 44.9 Å². The van der Waals surface area contributed by atoms with E-state index < -0.39 is 36.1 Å². The van der Waals surface area contributed by atoms with Crippen LogP contribution in [-0.4, -0.2) is 77.7 Å². The molecular formula is C21H36N6O6. The van der Waals surface area contributed by atoms with Gasteiger partial charge in [0.1, 0.15) is 18.1 Å². The van der Waals surface area contributed by atoms with E-state index in [9.17, 15) is 24.3 Å². The Kier molecular flexibility index (Phi) is 10.2. The Labute approximate surface area is 193 Å². The van der Waals surface area contributed by atoms with Gasteiger partial charge in [0.2, 0.25) is 11.8 Å². The first kappa shape index (κ1) is 26.2. The summed E-state index contributed by atoms with van der Waals surface area (Å²) in [5.41, 5.74) is 10.5. The number of nitrogens with two attached hydrogens (primary N) is 2. The van der Waals surface area contributed by atoms with Crippen LogP contribution in [-0.2, 0) is 19.1 Å². The van der Waals surface area contributed by atoms with E-state index in [0.717, 1.165) is 19.3 Å². The highest BCUT2D eigenvalue weighted by Crippen LogP contribution is 2.31. The highest BCUT2D eigenvalue weighted by Gasteiger charge is 2.40. The van der Waals surface area contributed by atoms with Gasteiger partial charge in [-0.15, -0.1) is 0 Å². The predicted octanol–water partition coefficient (Wildman–Crippen LogP) is -0.0947. The van der Waals surface area contributed by atoms with Gasteiger partial charge in [-0.3, -0.25) is 14.6 Å². The number of rotatable bonds is 12. The molecule has 12 nitrogen and oxygen atoms in total. The maximum absolute atomic E-state index is 13.3. The Morgan fingerprint density at radius 2 is 1.85 bits per heavy atom. The summed E-state index contributed by atoms with van der Waals surface area (Å²) in [5, 5.41) is 14.7. The van der Waals surface area contributed by atoms with Crippen molar-refractivity contribution >= 4 is 29.8 Å². The number of guanidine groups is 1. The van der Waals surface area contributed by atoms with E-state index in [-0.39, 0.29) is 31.4 Å². The van der Waals surface area contributed by atoms with Crippen molar-refractivity contribution in [2.24, 2.45) is 22.4 Å². The normalized spacial score (nSPS) is 19.7. The third-order valence-electron chi connectivity index (χ3n) is 6.06. The molecule has 2 rings (SSSR count). The largest absolute Gasteiger partial charge is 0.480 e. The molecule has 0 aromatic rings. The molecule has 2 fully saturated rings. The SMILES string of the molecule is CCOC(=O)NC(CC1CCC1)C(=O)N1CCC[C@H]1C(=O)N[C@@H](CCCN=C(N)N)C(=O)O. The first-order chi connectivity index (χ1) is 15.7. The molecule has 7 N–H and O–H groups in total. The summed E-state index contributed by atoms with van der Waals surface area (Å²) >= 11 is 0. The molecule has 0 spiro atoms. The molecule has 1 aliphatic heterocycles. The molecule has 0 aromatic carbocycles. The van der Waals surface area contributed by atoms with E-state index in [2.05, 4.69) is 15.6 Å². The van der Waals surface area contributed by atoms with Crippen LogP contribution in [0.2, 0.25) is 0 Å². The molecule has 1 saturated heterocycles. The first-order valence-corrected chi connectivity index (χ1v) is 11.5. The van der Waals surface area contributed by atoms with Gasteiger partial charge in [0.25, 0.3) is 0 Å². The number of hydrogen-bond acceptors (Lipinski definition) is 6. The van der Waals surface area contributed by atoms with E-state index >= 15 is 0 Å². The van der Waals surface area contributed by atoms with Crippen LogP contribution in [0, 0.1) is 5.92 Å². The Morgan fingerprint density at radius 3 is 2.42 bits per heavy atom. The lowest BCUT2D eigenvalue weighted by atomic mass is 9.80. The average Bonchev–Trinajstić information content (AvgIpc) is 3.21. The zero-order valence-electron chi connectivity index (χ0n) is 19.1. The zero-order chi connectivity index (χ0) is 24.4. The van der Waals surface area contributed by atoms with Crippen LogP contribution >= 0.6 is 0 Å². The van der Waals surface area contributed by atoms with E-state index in [4.69, 9.17) is 16.2 Å². The van der Waals surface area contributed by atoms with Crippen molar-refractivity contribution in [1.82, 2.24) is 15.5 Å². The van der Waals surface area contributed by atoms with Crippen LogP contribution in [0.25, 0.3) is 0 Å². The van der Waals surface area contributed by atoms with Crippen LogP contribution in [0.5, 0.6) is 0 Å². The monoisotopic (exact) mass is 468 g/mol. The van der Waals surface area contributed by atoms with Gasteiger partial charge in [-0.1, -0.05) is 19.3 Å². The van der Waals surface area contributed by atoms with Crippen molar-refractivity contribution in [3.05, 3.63) is 0 Å². The number of carboxylic acid groups (broad SMARTS) is 1. The summed E-state index contributed by atoms with van der Waals surface area (Å²) in [7, 11) is 0. The van der Waals surface area contributed by atoms with Crippen molar-refractivity contribution in [1.29, 1.82) is 0 Å². The van der Waals surface area contributed by atoms with Gasteiger partial charge in [0.15, 0.2) is 5.96 Å². The van der Waals surface area contributed by atoms with Gasteiger partial charge in [0.05, 0.1) is 6.61 Å². The standard InChI is InChI=1S/C21H36N6O6/c1-2-33-21(32)26-15(12-13-6-3-7-13)18(29)27-11-5-9-16(27)17(28)25-14(19(30)31)8-4-10-24-20(22)23/h13-16H,2-12H2,1H3,(H,25,28)(H,26,32)(H,30,31)(H4,22,23,24)/t14-,15?,16-/m0/s1. The third-order valence-corrected chi connectivity index (χ3v) is 6.06. The highest BCUT2D eigenvalue weighted by atomic mass is 16.5. The molecule has 3 amide bonds. The molecule has 2 aliphatic rings. The molecule has 1 aliphatic carbocycles. The van der Waals surface area contributed by atoms with Crippen molar-refractivity contribution in [3.63, 3.8) is 0 Å². The quantitative estimate of drug-likeness (QED) is 0.149. The number of nitrogens with one attached hydrogen (secondary N) is 2. The second-order valence-corrected chi connectivity index (χ2v) is 8.49. The van der Waals surface area contributed by atoms with E-state index in [1.165, 1.54) is 4.90 Å². The van der Waals surface area contributed by atoms with Gasteiger partial charge >= 0.3 is 12.1 Å².